The first kappa shape index (κ1) is 12.1. The molecule has 0 saturated heterocycles. The Hall–Kier alpha value is -0.350. The SMILES string of the molecule is CC1(NC(=O)c2sccc2Br)CCCCC1. The maximum atomic E-state index is 12.1. The molecule has 0 atom stereocenters. The smallest absolute Gasteiger partial charge is 0.262 e. The number of rotatable bonds is 2. The molecule has 1 aliphatic carbocycles. The van der Waals surface area contributed by atoms with E-state index < -0.39 is 0 Å². The number of halogens is 1. The molecule has 1 aromatic rings. The molecule has 1 aromatic heterocycles. The molecule has 2 nitrogen and oxygen atoms in total. The molecule has 1 amide bonds. The standard InChI is InChI=1S/C12H16BrNOS/c1-12(6-3-2-4-7-12)14-11(15)10-9(13)5-8-16-10/h5,8H,2-4,6-7H2,1H3,(H,14,15). The molecule has 1 N–H and O–H groups in total. The molecule has 0 unspecified atom stereocenters. The number of carbonyl (C=O) groups excluding carboxylic acids is 1. The zero-order valence-electron chi connectivity index (χ0n) is 9.38. The van der Waals surface area contributed by atoms with Crippen molar-refractivity contribution in [1.29, 1.82) is 0 Å². The number of carbonyl (C=O) groups is 1. The summed E-state index contributed by atoms with van der Waals surface area (Å²) in [6.45, 7) is 2.16. The molecule has 0 spiro atoms. The number of hydrogen-bond donors (Lipinski definition) is 1. The van der Waals surface area contributed by atoms with Crippen LogP contribution in [0.4, 0.5) is 0 Å². The van der Waals surface area contributed by atoms with E-state index in [2.05, 4.69) is 28.2 Å². The minimum Gasteiger partial charge on any atom is -0.346 e. The summed E-state index contributed by atoms with van der Waals surface area (Å²) in [7, 11) is 0. The first-order valence-corrected chi connectivity index (χ1v) is 7.33. The van der Waals surface area contributed by atoms with Crippen LogP contribution in [0.15, 0.2) is 15.9 Å². The van der Waals surface area contributed by atoms with Crippen LogP contribution in [0.2, 0.25) is 0 Å². The van der Waals surface area contributed by atoms with Gasteiger partial charge in [-0.25, -0.2) is 0 Å². The van der Waals surface area contributed by atoms with Crippen LogP contribution in [0.5, 0.6) is 0 Å². The Morgan fingerprint density at radius 2 is 2.12 bits per heavy atom. The van der Waals surface area contributed by atoms with Crippen LogP contribution in [0, 0.1) is 0 Å². The Labute approximate surface area is 109 Å². The number of thiophene rings is 1. The lowest BCUT2D eigenvalue weighted by atomic mass is 9.83. The molecule has 16 heavy (non-hydrogen) atoms. The Morgan fingerprint density at radius 3 is 2.69 bits per heavy atom. The molecule has 4 heteroatoms. The van der Waals surface area contributed by atoms with Gasteiger partial charge in [-0.2, -0.15) is 0 Å². The Balaban J connectivity index is 2.04. The van der Waals surface area contributed by atoms with Gasteiger partial charge in [-0.1, -0.05) is 19.3 Å². The normalized spacial score (nSPS) is 19.4. The summed E-state index contributed by atoms with van der Waals surface area (Å²) in [5.74, 6) is 0.0614. The highest BCUT2D eigenvalue weighted by atomic mass is 79.9. The van der Waals surface area contributed by atoms with Crippen molar-refractivity contribution >= 4 is 33.2 Å². The first-order valence-electron chi connectivity index (χ1n) is 5.66. The third-order valence-corrected chi connectivity index (χ3v) is 5.03. The molecular weight excluding hydrogens is 286 g/mol. The number of amides is 1. The van der Waals surface area contributed by atoms with Gasteiger partial charge in [0.25, 0.3) is 5.91 Å². The second kappa shape index (κ2) is 4.88. The maximum absolute atomic E-state index is 12.1. The van der Waals surface area contributed by atoms with Crippen LogP contribution < -0.4 is 5.32 Å². The van der Waals surface area contributed by atoms with E-state index in [1.807, 2.05) is 11.4 Å². The molecule has 88 valence electrons. The van der Waals surface area contributed by atoms with Gasteiger partial charge in [-0.3, -0.25) is 4.79 Å². The van der Waals surface area contributed by atoms with Gasteiger partial charge < -0.3 is 5.32 Å². The average Bonchev–Trinajstić information content (AvgIpc) is 2.65. The van der Waals surface area contributed by atoms with Crippen LogP contribution in [0.25, 0.3) is 0 Å². The zero-order valence-corrected chi connectivity index (χ0v) is 11.8. The minimum atomic E-state index is -0.00123. The van der Waals surface area contributed by atoms with Gasteiger partial charge in [0.15, 0.2) is 0 Å². The quantitative estimate of drug-likeness (QED) is 0.880. The van der Waals surface area contributed by atoms with Crippen LogP contribution in [0.3, 0.4) is 0 Å². The van der Waals surface area contributed by atoms with E-state index >= 15 is 0 Å². The van der Waals surface area contributed by atoms with Crippen LogP contribution >= 0.6 is 27.3 Å². The van der Waals surface area contributed by atoms with Crippen LogP contribution in [0.1, 0.15) is 48.7 Å². The second-order valence-corrected chi connectivity index (χ2v) is 6.44. The Bertz CT molecular complexity index is 382. The Kier molecular flexibility index (Phi) is 3.70. The minimum absolute atomic E-state index is 0.00123. The fourth-order valence-electron chi connectivity index (χ4n) is 2.24. The maximum Gasteiger partial charge on any atom is 0.262 e. The average molecular weight is 302 g/mol. The van der Waals surface area contributed by atoms with E-state index in [1.54, 1.807) is 0 Å². The monoisotopic (exact) mass is 301 g/mol. The molecule has 0 radical (unpaired) electrons. The molecule has 1 saturated carbocycles. The van der Waals surface area contributed by atoms with E-state index in [0.717, 1.165) is 22.2 Å². The summed E-state index contributed by atoms with van der Waals surface area (Å²) in [6.07, 6.45) is 5.95. The van der Waals surface area contributed by atoms with Crippen molar-refractivity contribution in [3.8, 4) is 0 Å². The van der Waals surface area contributed by atoms with Crippen molar-refractivity contribution in [3.63, 3.8) is 0 Å². The van der Waals surface area contributed by atoms with Gasteiger partial charge in [0.05, 0.1) is 0 Å². The van der Waals surface area contributed by atoms with Crippen molar-refractivity contribution in [3.05, 3.63) is 20.8 Å². The van der Waals surface area contributed by atoms with E-state index in [-0.39, 0.29) is 11.4 Å². The van der Waals surface area contributed by atoms with Crippen molar-refractivity contribution < 1.29 is 4.79 Å². The van der Waals surface area contributed by atoms with Crippen molar-refractivity contribution in [2.24, 2.45) is 0 Å². The molecule has 1 fully saturated rings. The fraction of sp³-hybridized carbons (Fsp3) is 0.583. The van der Waals surface area contributed by atoms with E-state index in [4.69, 9.17) is 0 Å². The summed E-state index contributed by atoms with van der Waals surface area (Å²) in [5, 5.41) is 5.11. The second-order valence-electron chi connectivity index (χ2n) is 4.67. The van der Waals surface area contributed by atoms with Gasteiger partial charge >= 0.3 is 0 Å². The van der Waals surface area contributed by atoms with E-state index in [0.29, 0.717) is 0 Å². The van der Waals surface area contributed by atoms with Crippen LogP contribution in [-0.2, 0) is 0 Å². The lowest BCUT2D eigenvalue weighted by Crippen LogP contribution is -2.47. The van der Waals surface area contributed by atoms with Gasteiger partial charge in [0.2, 0.25) is 0 Å². The third-order valence-electron chi connectivity index (χ3n) is 3.20. The number of nitrogens with one attached hydrogen (secondary N) is 1. The van der Waals surface area contributed by atoms with Crippen molar-refractivity contribution in [1.82, 2.24) is 5.32 Å². The molecule has 0 aromatic carbocycles. The molecule has 1 heterocycles. The summed E-state index contributed by atoms with van der Waals surface area (Å²) >= 11 is 4.88. The summed E-state index contributed by atoms with van der Waals surface area (Å²) in [6, 6.07) is 1.92. The van der Waals surface area contributed by atoms with E-state index in [1.165, 1.54) is 30.6 Å². The summed E-state index contributed by atoms with van der Waals surface area (Å²) in [5.41, 5.74) is -0.00123. The molecule has 0 bridgehead atoms. The molecule has 2 rings (SSSR count). The van der Waals surface area contributed by atoms with Crippen molar-refractivity contribution in [2.75, 3.05) is 0 Å². The first-order chi connectivity index (χ1) is 7.61. The topological polar surface area (TPSA) is 29.1 Å². The molecule has 0 aliphatic heterocycles. The summed E-state index contributed by atoms with van der Waals surface area (Å²) < 4.78 is 0.898. The Morgan fingerprint density at radius 1 is 1.44 bits per heavy atom. The summed E-state index contributed by atoms with van der Waals surface area (Å²) in [4.78, 5) is 12.9. The van der Waals surface area contributed by atoms with Crippen LogP contribution in [-0.4, -0.2) is 11.4 Å². The third kappa shape index (κ3) is 2.66. The highest BCUT2D eigenvalue weighted by Gasteiger charge is 2.29. The predicted octanol–water partition coefficient (Wildman–Crippen LogP) is 3.96. The largest absolute Gasteiger partial charge is 0.346 e. The molecule has 1 aliphatic rings. The van der Waals surface area contributed by atoms with Gasteiger partial charge in [-0.05, 0) is 47.1 Å². The lowest BCUT2D eigenvalue weighted by molar-refractivity contribution is 0.0886. The van der Waals surface area contributed by atoms with Gasteiger partial charge in [-0.15, -0.1) is 11.3 Å². The highest BCUT2D eigenvalue weighted by Crippen LogP contribution is 2.29. The van der Waals surface area contributed by atoms with Gasteiger partial charge in [0.1, 0.15) is 4.88 Å². The van der Waals surface area contributed by atoms with Crippen molar-refractivity contribution in [2.45, 2.75) is 44.6 Å². The van der Waals surface area contributed by atoms with Gasteiger partial charge in [0, 0.05) is 10.0 Å². The lowest BCUT2D eigenvalue weighted by Gasteiger charge is -2.34. The molecular formula is C12H16BrNOS. The fourth-order valence-corrected chi connectivity index (χ4v) is 3.69. The number of hydrogen-bond acceptors (Lipinski definition) is 2. The highest BCUT2D eigenvalue weighted by molar-refractivity contribution is 9.10. The zero-order chi connectivity index (χ0) is 11.6. The predicted molar refractivity (Wildman–Crippen MR) is 71.0 cm³/mol. The van der Waals surface area contributed by atoms with E-state index in [9.17, 15) is 4.79 Å².